The van der Waals surface area contributed by atoms with E-state index in [-0.39, 0.29) is 17.5 Å². The normalized spacial score (nSPS) is 14.1. The first kappa shape index (κ1) is 19.2. The third-order valence-electron chi connectivity index (χ3n) is 5.02. The third-order valence-corrected chi connectivity index (χ3v) is 5.02. The molecule has 1 aliphatic heterocycles. The second kappa shape index (κ2) is 8.49. The Morgan fingerprint density at radius 3 is 2.38 bits per heavy atom. The van der Waals surface area contributed by atoms with Crippen LogP contribution in [0, 0.1) is 5.82 Å². The first-order chi connectivity index (χ1) is 14.1. The van der Waals surface area contributed by atoms with E-state index in [1.807, 2.05) is 12.1 Å². The van der Waals surface area contributed by atoms with Gasteiger partial charge in [0, 0.05) is 37.9 Å². The van der Waals surface area contributed by atoms with Gasteiger partial charge >= 0.3 is 0 Å². The Kier molecular flexibility index (Phi) is 5.62. The molecular weight excluding hydrogens is 371 g/mol. The van der Waals surface area contributed by atoms with Crippen LogP contribution in [0.2, 0.25) is 0 Å². The van der Waals surface area contributed by atoms with E-state index in [2.05, 4.69) is 17.0 Å². The molecule has 5 nitrogen and oxygen atoms in total. The van der Waals surface area contributed by atoms with Crippen LogP contribution in [0.5, 0.6) is 0 Å². The van der Waals surface area contributed by atoms with Gasteiger partial charge in [0.15, 0.2) is 5.76 Å². The predicted octanol–water partition coefficient (Wildman–Crippen LogP) is 4.19. The van der Waals surface area contributed by atoms with Crippen LogP contribution in [0.15, 0.2) is 65.1 Å². The van der Waals surface area contributed by atoms with Crippen LogP contribution in [0.4, 0.5) is 10.1 Å². The molecule has 0 atom stereocenters. The Morgan fingerprint density at radius 2 is 1.69 bits per heavy atom. The molecule has 4 rings (SSSR count). The Bertz CT molecular complexity index is 961. The van der Waals surface area contributed by atoms with Crippen molar-refractivity contribution in [1.82, 2.24) is 4.90 Å². The number of carbonyl (C=O) groups excluding carboxylic acids is 1. The molecule has 0 unspecified atom stereocenters. The average Bonchev–Trinajstić information content (AvgIpc) is 3.25. The quantitative estimate of drug-likeness (QED) is 0.651. The highest BCUT2D eigenvalue weighted by Gasteiger charge is 2.17. The number of furan rings is 1. The fourth-order valence-corrected chi connectivity index (χ4v) is 3.39. The SMILES string of the molecule is CN(Cc1ccc(N2CCOCC2)cc1)C(=O)c1ccc(-c2ccc(F)cc2)o1. The van der Waals surface area contributed by atoms with E-state index in [9.17, 15) is 9.18 Å². The van der Waals surface area contributed by atoms with Crippen LogP contribution < -0.4 is 4.90 Å². The molecule has 2 aromatic carbocycles. The largest absolute Gasteiger partial charge is 0.451 e. The molecule has 1 fully saturated rings. The van der Waals surface area contributed by atoms with Gasteiger partial charge in [0.2, 0.25) is 0 Å². The van der Waals surface area contributed by atoms with Gasteiger partial charge in [-0.1, -0.05) is 12.1 Å². The number of hydrogen-bond acceptors (Lipinski definition) is 4. The Balaban J connectivity index is 1.40. The number of rotatable bonds is 5. The minimum Gasteiger partial charge on any atom is -0.451 e. The van der Waals surface area contributed by atoms with Crippen molar-refractivity contribution < 1.29 is 18.3 Å². The zero-order valence-electron chi connectivity index (χ0n) is 16.3. The number of morpholine rings is 1. The molecule has 1 amide bonds. The summed E-state index contributed by atoms with van der Waals surface area (Å²) in [5.41, 5.74) is 2.94. The van der Waals surface area contributed by atoms with Gasteiger partial charge < -0.3 is 19.0 Å². The summed E-state index contributed by atoms with van der Waals surface area (Å²) >= 11 is 0. The molecule has 0 radical (unpaired) electrons. The minimum atomic E-state index is -0.309. The van der Waals surface area contributed by atoms with E-state index in [1.165, 1.54) is 17.8 Å². The summed E-state index contributed by atoms with van der Waals surface area (Å²) in [6, 6.07) is 17.6. The fraction of sp³-hybridized carbons (Fsp3) is 0.261. The minimum absolute atomic E-state index is 0.199. The monoisotopic (exact) mass is 394 g/mol. The molecule has 2 heterocycles. The lowest BCUT2D eigenvalue weighted by atomic mass is 10.1. The number of nitrogens with zero attached hydrogens (tertiary/aromatic N) is 2. The van der Waals surface area contributed by atoms with E-state index >= 15 is 0 Å². The lowest BCUT2D eigenvalue weighted by molar-refractivity contribution is 0.0754. The summed E-state index contributed by atoms with van der Waals surface area (Å²) in [5, 5.41) is 0. The molecular formula is C23H23FN2O3. The molecule has 150 valence electrons. The number of benzene rings is 2. The molecule has 0 saturated carbocycles. The Morgan fingerprint density at radius 1 is 1.00 bits per heavy atom. The summed E-state index contributed by atoms with van der Waals surface area (Å²) in [6.07, 6.45) is 0. The van der Waals surface area contributed by atoms with Gasteiger partial charge in [-0.25, -0.2) is 4.39 Å². The van der Waals surface area contributed by atoms with Crippen LogP contribution in [-0.4, -0.2) is 44.2 Å². The molecule has 0 aliphatic carbocycles. The second-order valence-corrected chi connectivity index (χ2v) is 7.10. The van der Waals surface area contributed by atoms with Crippen LogP contribution in [-0.2, 0) is 11.3 Å². The van der Waals surface area contributed by atoms with Gasteiger partial charge in [-0.3, -0.25) is 4.79 Å². The van der Waals surface area contributed by atoms with Gasteiger partial charge in [-0.05, 0) is 54.1 Å². The zero-order chi connectivity index (χ0) is 20.2. The molecule has 1 aliphatic rings. The molecule has 0 bridgehead atoms. The van der Waals surface area contributed by atoms with Crippen molar-refractivity contribution >= 4 is 11.6 Å². The van der Waals surface area contributed by atoms with Gasteiger partial charge in [0.05, 0.1) is 13.2 Å². The summed E-state index contributed by atoms with van der Waals surface area (Å²) in [6.45, 7) is 3.78. The maximum atomic E-state index is 13.1. The molecule has 6 heteroatoms. The van der Waals surface area contributed by atoms with Crippen molar-refractivity contribution in [3.8, 4) is 11.3 Å². The smallest absolute Gasteiger partial charge is 0.289 e. The van der Waals surface area contributed by atoms with Crippen LogP contribution in [0.25, 0.3) is 11.3 Å². The molecule has 1 saturated heterocycles. The van der Waals surface area contributed by atoms with Gasteiger partial charge in [0.25, 0.3) is 5.91 Å². The topological polar surface area (TPSA) is 45.9 Å². The highest BCUT2D eigenvalue weighted by Crippen LogP contribution is 2.24. The summed E-state index contributed by atoms with van der Waals surface area (Å²) in [5.74, 6) is 0.292. The van der Waals surface area contributed by atoms with Crippen LogP contribution >= 0.6 is 0 Å². The number of amides is 1. The van der Waals surface area contributed by atoms with Crippen LogP contribution in [0.3, 0.4) is 0 Å². The van der Waals surface area contributed by atoms with Crippen molar-refractivity contribution in [1.29, 1.82) is 0 Å². The molecule has 0 spiro atoms. The van der Waals surface area contributed by atoms with E-state index in [0.717, 1.165) is 37.4 Å². The second-order valence-electron chi connectivity index (χ2n) is 7.10. The molecule has 0 N–H and O–H groups in total. The van der Waals surface area contributed by atoms with Crippen LogP contribution in [0.1, 0.15) is 16.1 Å². The summed E-state index contributed by atoms with van der Waals surface area (Å²) < 4.78 is 24.2. The molecule has 29 heavy (non-hydrogen) atoms. The average molecular weight is 394 g/mol. The van der Waals surface area contributed by atoms with Crippen molar-refractivity contribution in [2.45, 2.75) is 6.54 Å². The predicted molar refractivity (Wildman–Crippen MR) is 109 cm³/mol. The lowest BCUT2D eigenvalue weighted by Crippen LogP contribution is -2.36. The highest BCUT2D eigenvalue weighted by molar-refractivity contribution is 5.91. The number of carbonyl (C=O) groups is 1. The number of anilines is 1. The van der Waals surface area contributed by atoms with E-state index < -0.39 is 0 Å². The summed E-state index contributed by atoms with van der Waals surface area (Å²) in [4.78, 5) is 16.6. The highest BCUT2D eigenvalue weighted by atomic mass is 19.1. The number of hydrogen-bond donors (Lipinski definition) is 0. The van der Waals surface area contributed by atoms with Crippen molar-refractivity contribution in [3.05, 3.63) is 77.8 Å². The number of ether oxygens (including phenoxy) is 1. The maximum absolute atomic E-state index is 13.1. The van der Waals surface area contributed by atoms with Crippen molar-refractivity contribution in [3.63, 3.8) is 0 Å². The fourth-order valence-electron chi connectivity index (χ4n) is 3.39. The Labute approximate surface area is 169 Å². The summed E-state index contributed by atoms with van der Waals surface area (Å²) in [7, 11) is 1.75. The van der Waals surface area contributed by atoms with Gasteiger partial charge in [-0.15, -0.1) is 0 Å². The standard InChI is InChI=1S/C23H23FN2O3/c1-25(16-17-2-8-20(9-3-17)26-12-14-28-15-13-26)23(27)22-11-10-21(29-22)18-4-6-19(24)7-5-18/h2-11H,12-16H2,1H3. The first-order valence-corrected chi connectivity index (χ1v) is 9.63. The number of halogens is 1. The third kappa shape index (κ3) is 4.49. The lowest BCUT2D eigenvalue weighted by Gasteiger charge is -2.29. The maximum Gasteiger partial charge on any atom is 0.289 e. The zero-order valence-corrected chi connectivity index (χ0v) is 16.3. The van der Waals surface area contributed by atoms with Crippen molar-refractivity contribution in [2.24, 2.45) is 0 Å². The van der Waals surface area contributed by atoms with Crippen molar-refractivity contribution in [2.75, 3.05) is 38.3 Å². The molecule has 3 aromatic rings. The van der Waals surface area contributed by atoms with E-state index in [4.69, 9.17) is 9.15 Å². The molecule has 1 aromatic heterocycles. The van der Waals surface area contributed by atoms with Gasteiger partial charge in [0.1, 0.15) is 11.6 Å². The Hall–Kier alpha value is -3.12. The van der Waals surface area contributed by atoms with E-state index in [1.54, 1.807) is 36.2 Å². The van der Waals surface area contributed by atoms with E-state index in [0.29, 0.717) is 12.3 Å². The van der Waals surface area contributed by atoms with Gasteiger partial charge in [-0.2, -0.15) is 0 Å². The first-order valence-electron chi connectivity index (χ1n) is 9.63.